The fourth-order valence-electron chi connectivity index (χ4n) is 3.19. The summed E-state index contributed by atoms with van der Waals surface area (Å²) in [5.74, 6) is 0.384. The summed E-state index contributed by atoms with van der Waals surface area (Å²) in [7, 11) is 0. The molecule has 1 aliphatic rings. The molecule has 3 aromatic rings. The van der Waals surface area contributed by atoms with Crippen molar-refractivity contribution in [2.75, 3.05) is 26.3 Å². The van der Waals surface area contributed by atoms with E-state index in [1.807, 2.05) is 36.4 Å². The van der Waals surface area contributed by atoms with Crippen LogP contribution < -0.4 is 10.5 Å². The largest absolute Gasteiger partial charge is 0.411 e. The van der Waals surface area contributed by atoms with Crippen LogP contribution in [0.25, 0.3) is 10.9 Å². The van der Waals surface area contributed by atoms with Gasteiger partial charge in [0.15, 0.2) is 0 Å². The van der Waals surface area contributed by atoms with Gasteiger partial charge in [-0.05, 0) is 29.8 Å². The zero-order valence-electron chi connectivity index (χ0n) is 14.8. The van der Waals surface area contributed by atoms with E-state index < -0.39 is 6.09 Å². The number of ether oxygens (including phenoxy) is 2. The Kier molecular flexibility index (Phi) is 5.33. The molecule has 1 saturated heterocycles. The first kappa shape index (κ1) is 17.9. The normalized spacial score (nSPS) is 15.1. The summed E-state index contributed by atoms with van der Waals surface area (Å²) >= 11 is 1.55. The maximum atomic E-state index is 11.3. The lowest BCUT2D eigenvalue weighted by Gasteiger charge is -2.26. The van der Waals surface area contributed by atoms with Crippen LogP contribution in [0.15, 0.2) is 58.3 Å². The molecule has 2 aromatic carbocycles. The molecule has 27 heavy (non-hydrogen) atoms. The lowest BCUT2D eigenvalue weighted by molar-refractivity contribution is 0.0342. The van der Waals surface area contributed by atoms with Crippen molar-refractivity contribution >= 4 is 28.8 Å². The average molecular weight is 383 g/mol. The first-order valence-electron chi connectivity index (χ1n) is 8.84. The lowest BCUT2D eigenvalue weighted by atomic mass is 10.1. The van der Waals surface area contributed by atoms with Crippen LogP contribution in [-0.2, 0) is 11.3 Å². The van der Waals surface area contributed by atoms with Crippen molar-refractivity contribution < 1.29 is 14.3 Å². The Morgan fingerprint density at radius 3 is 2.70 bits per heavy atom. The quantitative estimate of drug-likeness (QED) is 0.703. The molecule has 1 amide bonds. The topological polar surface area (TPSA) is 80.6 Å². The number of aromatic nitrogens is 1. The highest BCUT2D eigenvalue weighted by atomic mass is 32.2. The lowest BCUT2D eigenvalue weighted by Crippen LogP contribution is -2.35. The maximum absolute atomic E-state index is 11.3. The van der Waals surface area contributed by atoms with Crippen LogP contribution in [0.3, 0.4) is 0 Å². The Hall–Kier alpha value is -2.48. The Bertz CT molecular complexity index is 936. The number of hydrogen-bond acceptors (Lipinski definition) is 5. The predicted octanol–water partition coefficient (Wildman–Crippen LogP) is 3.61. The van der Waals surface area contributed by atoms with Gasteiger partial charge < -0.3 is 20.2 Å². The standard InChI is InChI=1S/C20H21N3O3S/c21-20(24)26-19-18(27-15-4-2-1-3-5-15)16-12-14(6-7-17(16)22-19)13-23-8-10-25-11-9-23/h1-7,12,22H,8-11,13H2,(H2,21,24). The fourth-order valence-corrected chi connectivity index (χ4v) is 4.18. The van der Waals surface area contributed by atoms with Crippen molar-refractivity contribution in [2.45, 2.75) is 16.3 Å². The highest BCUT2D eigenvalue weighted by molar-refractivity contribution is 7.99. The summed E-state index contributed by atoms with van der Waals surface area (Å²) in [5.41, 5.74) is 7.38. The van der Waals surface area contributed by atoms with Gasteiger partial charge in [0.1, 0.15) is 0 Å². The van der Waals surface area contributed by atoms with E-state index in [4.69, 9.17) is 15.2 Å². The number of benzene rings is 2. The Labute approximate surface area is 161 Å². The molecular formula is C20H21N3O3S. The monoisotopic (exact) mass is 383 g/mol. The van der Waals surface area contributed by atoms with Crippen LogP contribution in [-0.4, -0.2) is 42.3 Å². The van der Waals surface area contributed by atoms with Crippen LogP contribution in [0.4, 0.5) is 4.79 Å². The van der Waals surface area contributed by atoms with Crippen LogP contribution in [0.5, 0.6) is 5.88 Å². The second kappa shape index (κ2) is 8.04. The third kappa shape index (κ3) is 4.27. The molecule has 0 aliphatic carbocycles. The first-order valence-corrected chi connectivity index (χ1v) is 9.65. The fraction of sp³-hybridized carbons (Fsp3) is 0.250. The summed E-state index contributed by atoms with van der Waals surface area (Å²) in [6.07, 6.45) is -0.829. The highest BCUT2D eigenvalue weighted by Gasteiger charge is 2.18. The van der Waals surface area contributed by atoms with E-state index in [2.05, 4.69) is 22.0 Å². The maximum Gasteiger partial charge on any atom is 0.411 e. The van der Waals surface area contributed by atoms with E-state index in [9.17, 15) is 4.79 Å². The van der Waals surface area contributed by atoms with Gasteiger partial charge in [0.25, 0.3) is 0 Å². The number of rotatable bonds is 5. The SMILES string of the molecule is NC(=O)Oc1[nH]c2ccc(CN3CCOCC3)cc2c1Sc1ccccc1. The molecule has 0 bridgehead atoms. The third-order valence-electron chi connectivity index (χ3n) is 4.46. The summed E-state index contributed by atoms with van der Waals surface area (Å²) in [6.45, 7) is 4.29. The number of fused-ring (bicyclic) bond motifs is 1. The summed E-state index contributed by atoms with van der Waals surface area (Å²) < 4.78 is 10.7. The molecular weight excluding hydrogens is 362 g/mol. The van der Waals surface area contributed by atoms with Crippen LogP contribution in [0, 0.1) is 0 Å². The van der Waals surface area contributed by atoms with Crippen LogP contribution >= 0.6 is 11.8 Å². The molecule has 4 rings (SSSR count). The summed E-state index contributed by atoms with van der Waals surface area (Å²) in [4.78, 5) is 18.8. The van der Waals surface area contributed by atoms with Gasteiger partial charge >= 0.3 is 6.09 Å². The minimum Gasteiger partial charge on any atom is -0.392 e. The number of hydrogen-bond donors (Lipinski definition) is 2. The Morgan fingerprint density at radius 1 is 1.19 bits per heavy atom. The van der Waals surface area contributed by atoms with Gasteiger partial charge in [-0.25, -0.2) is 4.79 Å². The number of H-pyrrole nitrogens is 1. The van der Waals surface area contributed by atoms with E-state index >= 15 is 0 Å². The number of nitrogens with two attached hydrogens (primary N) is 1. The molecule has 1 aliphatic heterocycles. The highest BCUT2D eigenvalue weighted by Crippen LogP contribution is 2.41. The molecule has 0 saturated carbocycles. The minimum absolute atomic E-state index is 0.384. The predicted molar refractivity (Wildman–Crippen MR) is 105 cm³/mol. The zero-order chi connectivity index (χ0) is 18.6. The molecule has 0 radical (unpaired) electrons. The first-order chi connectivity index (χ1) is 13.2. The van der Waals surface area contributed by atoms with E-state index in [1.165, 1.54) is 5.56 Å². The number of aromatic amines is 1. The number of carbonyl (C=O) groups is 1. The zero-order valence-corrected chi connectivity index (χ0v) is 15.6. The van der Waals surface area contributed by atoms with Crippen molar-refractivity contribution in [2.24, 2.45) is 5.73 Å². The molecule has 0 spiro atoms. The van der Waals surface area contributed by atoms with E-state index in [1.54, 1.807) is 11.8 Å². The molecule has 3 N–H and O–H groups in total. The van der Waals surface area contributed by atoms with Gasteiger partial charge in [0, 0.05) is 35.4 Å². The van der Waals surface area contributed by atoms with Gasteiger partial charge in [-0.15, -0.1) is 0 Å². The molecule has 7 heteroatoms. The van der Waals surface area contributed by atoms with Crippen molar-refractivity contribution in [3.8, 4) is 5.88 Å². The second-order valence-electron chi connectivity index (χ2n) is 6.39. The molecule has 2 heterocycles. The smallest absolute Gasteiger partial charge is 0.392 e. The molecule has 0 unspecified atom stereocenters. The number of nitrogens with one attached hydrogen (secondary N) is 1. The van der Waals surface area contributed by atoms with Gasteiger partial charge in [-0.3, -0.25) is 4.90 Å². The van der Waals surface area contributed by atoms with Crippen LogP contribution in [0.2, 0.25) is 0 Å². The van der Waals surface area contributed by atoms with E-state index in [-0.39, 0.29) is 0 Å². The van der Waals surface area contributed by atoms with Gasteiger partial charge in [0.2, 0.25) is 5.88 Å². The van der Waals surface area contributed by atoms with E-state index in [0.29, 0.717) is 5.88 Å². The van der Waals surface area contributed by atoms with Crippen LogP contribution in [0.1, 0.15) is 5.56 Å². The third-order valence-corrected chi connectivity index (χ3v) is 5.58. The molecule has 140 valence electrons. The number of carbonyl (C=O) groups excluding carboxylic acids is 1. The van der Waals surface area contributed by atoms with Crippen molar-refractivity contribution in [3.05, 3.63) is 54.1 Å². The number of morpholine rings is 1. The number of primary amides is 1. The molecule has 6 nitrogen and oxygen atoms in total. The van der Waals surface area contributed by atoms with Crippen molar-refractivity contribution in [1.82, 2.24) is 9.88 Å². The molecule has 1 aromatic heterocycles. The summed E-state index contributed by atoms with van der Waals surface area (Å²) in [6, 6.07) is 16.3. The van der Waals surface area contributed by atoms with Crippen molar-refractivity contribution in [3.63, 3.8) is 0 Å². The molecule has 1 fully saturated rings. The van der Waals surface area contributed by atoms with Crippen molar-refractivity contribution in [1.29, 1.82) is 0 Å². The number of nitrogens with zero attached hydrogens (tertiary/aromatic N) is 1. The van der Waals surface area contributed by atoms with Gasteiger partial charge in [0.05, 0.1) is 18.1 Å². The molecule has 0 atom stereocenters. The second-order valence-corrected chi connectivity index (χ2v) is 7.47. The van der Waals surface area contributed by atoms with Gasteiger partial charge in [-0.2, -0.15) is 0 Å². The Morgan fingerprint density at radius 2 is 1.96 bits per heavy atom. The average Bonchev–Trinajstić information content (AvgIpc) is 2.99. The Balaban J connectivity index is 1.69. The van der Waals surface area contributed by atoms with Gasteiger partial charge in [-0.1, -0.05) is 36.0 Å². The summed E-state index contributed by atoms with van der Waals surface area (Å²) in [5, 5.41) is 1.02. The number of amides is 1. The minimum atomic E-state index is -0.829. The van der Waals surface area contributed by atoms with E-state index in [0.717, 1.165) is 53.5 Å².